The molecule has 39 heavy (non-hydrogen) atoms. The topological polar surface area (TPSA) is 166 Å². The minimum atomic E-state index is -1.13. The Bertz CT molecular complexity index is 1120. The third-order valence-corrected chi connectivity index (χ3v) is 7.46. The van der Waals surface area contributed by atoms with Gasteiger partial charge in [-0.05, 0) is 48.3 Å². The van der Waals surface area contributed by atoms with Crippen LogP contribution in [0.3, 0.4) is 0 Å². The number of benzene rings is 1. The minimum Gasteiger partial charge on any atom is -0.480 e. The Morgan fingerprint density at radius 1 is 1.00 bits per heavy atom. The third kappa shape index (κ3) is 9.58. The first-order valence-electron chi connectivity index (χ1n) is 13.4. The molecule has 1 aromatic heterocycles. The molecule has 0 aliphatic rings. The number of rotatable bonds is 16. The summed E-state index contributed by atoms with van der Waals surface area (Å²) >= 11 is 1.58. The highest BCUT2D eigenvalue weighted by Gasteiger charge is 2.32. The smallest absolute Gasteiger partial charge is 0.326 e. The van der Waals surface area contributed by atoms with Crippen LogP contribution < -0.4 is 21.7 Å². The number of para-hydroxylation sites is 1. The molecule has 3 amide bonds. The first-order valence-corrected chi connectivity index (χ1v) is 14.8. The van der Waals surface area contributed by atoms with Crippen LogP contribution in [0.1, 0.15) is 52.5 Å². The van der Waals surface area contributed by atoms with Gasteiger partial charge in [-0.1, -0.05) is 52.3 Å². The number of carboxylic acids is 1. The van der Waals surface area contributed by atoms with Gasteiger partial charge in [0, 0.05) is 23.5 Å². The molecule has 1 heterocycles. The number of hydrogen-bond donors (Lipinski definition) is 6. The first-order chi connectivity index (χ1) is 18.5. The summed E-state index contributed by atoms with van der Waals surface area (Å²) in [5.74, 6) is -2.24. The molecule has 2 aromatic rings. The molecule has 10 nitrogen and oxygen atoms in total. The average molecular weight is 562 g/mol. The van der Waals surface area contributed by atoms with E-state index in [1.165, 1.54) is 0 Å². The van der Waals surface area contributed by atoms with Crippen LogP contribution in [0.4, 0.5) is 0 Å². The standard InChI is InChI=1S/C28H43N5O5S/c1-6-17(4)24(28(37)38)33-27(36)22(13-16(2)3)32-26(35)23(31-25(34)20(29)11-12-39-5)14-18-15-30-21-10-8-7-9-19(18)21/h7-10,15-17,20,22-24,30H,6,11-14,29H2,1-5H3,(H,31,34)(H,32,35)(H,33,36)(H,37,38). The number of H-pyrrole nitrogens is 1. The van der Waals surface area contributed by atoms with E-state index in [4.69, 9.17) is 5.73 Å². The molecule has 11 heteroatoms. The molecule has 5 atom stereocenters. The lowest BCUT2D eigenvalue weighted by atomic mass is 9.97. The zero-order chi connectivity index (χ0) is 29.1. The van der Waals surface area contributed by atoms with Crippen LogP contribution in [0.2, 0.25) is 0 Å². The van der Waals surface area contributed by atoms with Crippen molar-refractivity contribution in [1.29, 1.82) is 0 Å². The Morgan fingerprint density at radius 3 is 2.26 bits per heavy atom. The Morgan fingerprint density at radius 2 is 1.64 bits per heavy atom. The monoisotopic (exact) mass is 561 g/mol. The molecule has 2 rings (SSSR count). The van der Waals surface area contributed by atoms with Crippen LogP contribution >= 0.6 is 11.8 Å². The first kappa shape index (κ1) is 32.2. The van der Waals surface area contributed by atoms with Gasteiger partial charge in [-0.15, -0.1) is 0 Å². The predicted octanol–water partition coefficient (Wildman–Crippen LogP) is 2.42. The van der Waals surface area contributed by atoms with Gasteiger partial charge in [-0.3, -0.25) is 14.4 Å². The molecule has 1 aromatic carbocycles. The molecule has 0 radical (unpaired) electrons. The van der Waals surface area contributed by atoms with Crippen LogP contribution in [0, 0.1) is 11.8 Å². The number of aromatic nitrogens is 1. The van der Waals surface area contributed by atoms with Crippen molar-refractivity contribution < 1.29 is 24.3 Å². The van der Waals surface area contributed by atoms with Gasteiger partial charge in [0.05, 0.1) is 6.04 Å². The number of carboxylic acid groups (broad SMARTS) is 1. The zero-order valence-electron chi connectivity index (χ0n) is 23.5. The number of carbonyl (C=O) groups is 4. The van der Waals surface area contributed by atoms with Gasteiger partial charge < -0.3 is 31.8 Å². The Hall–Kier alpha value is -3.05. The molecule has 216 valence electrons. The summed E-state index contributed by atoms with van der Waals surface area (Å²) in [5, 5.41) is 18.7. The Balaban J connectivity index is 2.30. The van der Waals surface area contributed by atoms with E-state index in [1.54, 1.807) is 24.9 Å². The lowest BCUT2D eigenvalue weighted by Gasteiger charge is -2.27. The summed E-state index contributed by atoms with van der Waals surface area (Å²) in [4.78, 5) is 54.7. The molecule has 0 aliphatic carbocycles. The quantitative estimate of drug-likeness (QED) is 0.183. The second kappa shape index (κ2) is 15.5. The summed E-state index contributed by atoms with van der Waals surface area (Å²) in [7, 11) is 0. The Labute approximate surface area is 234 Å². The van der Waals surface area contributed by atoms with Crippen molar-refractivity contribution in [2.24, 2.45) is 17.6 Å². The normalized spacial score (nSPS) is 15.3. The van der Waals surface area contributed by atoms with Gasteiger partial charge in [0.25, 0.3) is 0 Å². The third-order valence-electron chi connectivity index (χ3n) is 6.82. The summed E-state index contributed by atoms with van der Waals surface area (Å²) in [6.07, 6.45) is 5.22. The van der Waals surface area contributed by atoms with Gasteiger partial charge in [0.2, 0.25) is 17.7 Å². The number of thioether (sulfide) groups is 1. The van der Waals surface area contributed by atoms with Gasteiger partial charge in [0.15, 0.2) is 0 Å². The van der Waals surface area contributed by atoms with Crippen LogP contribution in [-0.2, 0) is 25.6 Å². The molecular formula is C28H43N5O5S. The maximum Gasteiger partial charge on any atom is 0.326 e. The number of amides is 3. The fourth-order valence-corrected chi connectivity index (χ4v) is 4.79. The van der Waals surface area contributed by atoms with Crippen molar-refractivity contribution in [3.8, 4) is 0 Å². The van der Waals surface area contributed by atoms with Crippen molar-refractivity contribution in [3.05, 3.63) is 36.0 Å². The van der Waals surface area contributed by atoms with Crippen molar-refractivity contribution in [2.45, 2.75) is 77.5 Å². The van der Waals surface area contributed by atoms with Crippen molar-refractivity contribution >= 4 is 46.4 Å². The summed E-state index contributed by atoms with van der Waals surface area (Å²) in [6.45, 7) is 7.42. The summed E-state index contributed by atoms with van der Waals surface area (Å²) < 4.78 is 0. The van der Waals surface area contributed by atoms with Gasteiger partial charge in [-0.25, -0.2) is 4.79 Å². The molecule has 0 fully saturated rings. The highest BCUT2D eigenvalue weighted by Crippen LogP contribution is 2.20. The van der Waals surface area contributed by atoms with E-state index in [-0.39, 0.29) is 18.3 Å². The van der Waals surface area contributed by atoms with E-state index in [2.05, 4.69) is 20.9 Å². The number of aromatic amines is 1. The van der Waals surface area contributed by atoms with Crippen LogP contribution in [0.15, 0.2) is 30.5 Å². The highest BCUT2D eigenvalue weighted by molar-refractivity contribution is 7.98. The zero-order valence-corrected chi connectivity index (χ0v) is 24.3. The second-order valence-corrected chi connectivity index (χ2v) is 11.4. The van der Waals surface area contributed by atoms with Crippen LogP contribution in [0.25, 0.3) is 10.9 Å². The van der Waals surface area contributed by atoms with Gasteiger partial charge in [-0.2, -0.15) is 11.8 Å². The van der Waals surface area contributed by atoms with E-state index in [9.17, 15) is 24.3 Å². The molecule has 5 unspecified atom stereocenters. The maximum absolute atomic E-state index is 13.6. The fourth-order valence-electron chi connectivity index (χ4n) is 4.30. The van der Waals surface area contributed by atoms with E-state index in [0.717, 1.165) is 16.5 Å². The summed E-state index contributed by atoms with van der Waals surface area (Å²) in [6, 6.07) is 3.81. The molecule has 0 aliphatic heterocycles. The number of hydrogen-bond acceptors (Lipinski definition) is 6. The van der Waals surface area contributed by atoms with E-state index < -0.39 is 47.9 Å². The van der Waals surface area contributed by atoms with Crippen molar-refractivity contribution in [2.75, 3.05) is 12.0 Å². The molecule has 7 N–H and O–H groups in total. The van der Waals surface area contributed by atoms with E-state index in [0.29, 0.717) is 25.0 Å². The molecule has 0 saturated heterocycles. The van der Waals surface area contributed by atoms with Gasteiger partial charge >= 0.3 is 5.97 Å². The van der Waals surface area contributed by atoms with Crippen LogP contribution in [-0.4, -0.2) is 70.0 Å². The van der Waals surface area contributed by atoms with E-state index >= 15 is 0 Å². The SMILES string of the molecule is CCC(C)C(NC(=O)C(CC(C)C)NC(=O)C(Cc1c[nH]c2ccccc12)NC(=O)C(N)CCSC)C(=O)O. The average Bonchev–Trinajstić information content (AvgIpc) is 3.31. The van der Waals surface area contributed by atoms with Crippen molar-refractivity contribution in [1.82, 2.24) is 20.9 Å². The number of carbonyl (C=O) groups excluding carboxylic acids is 3. The van der Waals surface area contributed by atoms with Crippen molar-refractivity contribution in [3.63, 3.8) is 0 Å². The number of nitrogens with one attached hydrogen (secondary N) is 4. The predicted molar refractivity (Wildman–Crippen MR) is 155 cm³/mol. The number of aliphatic carboxylic acids is 1. The molecular weight excluding hydrogens is 518 g/mol. The summed E-state index contributed by atoms with van der Waals surface area (Å²) in [5.41, 5.74) is 7.80. The van der Waals surface area contributed by atoms with Gasteiger partial charge in [0.1, 0.15) is 18.1 Å². The largest absolute Gasteiger partial charge is 0.480 e. The highest BCUT2D eigenvalue weighted by atomic mass is 32.2. The number of nitrogens with two attached hydrogens (primary N) is 1. The lowest BCUT2D eigenvalue weighted by molar-refractivity contribution is -0.144. The fraction of sp³-hybridized carbons (Fsp3) is 0.571. The lowest BCUT2D eigenvalue weighted by Crippen LogP contribution is -2.58. The number of fused-ring (bicyclic) bond motifs is 1. The molecule has 0 saturated carbocycles. The maximum atomic E-state index is 13.6. The molecule has 0 spiro atoms. The molecule has 0 bridgehead atoms. The Kier molecular flexibility index (Phi) is 12.8. The minimum absolute atomic E-state index is 0.0366. The second-order valence-electron chi connectivity index (χ2n) is 10.4. The van der Waals surface area contributed by atoms with E-state index in [1.807, 2.05) is 51.3 Å². The van der Waals surface area contributed by atoms with Crippen LogP contribution in [0.5, 0.6) is 0 Å².